The van der Waals surface area contributed by atoms with E-state index in [1.54, 1.807) is 0 Å². The summed E-state index contributed by atoms with van der Waals surface area (Å²) < 4.78 is 0. The smallest absolute Gasteiger partial charge is 0.160 e. The van der Waals surface area contributed by atoms with Crippen molar-refractivity contribution in [1.29, 1.82) is 0 Å². The van der Waals surface area contributed by atoms with Crippen LogP contribution in [0.5, 0.6) is 0 Å². The standard InChI is InChI=1S/C14H15N3OS/c18-6-11-5-10-1-2-12(16-13(10)19-11)17-4-3-14(9-17)7-15-8-14/h1-2,5-6,15H,3-4,7-9H2. The SMILES string of the molecule is O=Cc1cc2ccc(N3CCC4(CNC4)C3)nc2s1. The quantitative estimate of drug-likeness (QED) is 0.849. The number of rotatable bonds is 2. The van der Waals surface area contributed by atoms with Crippen LogP contribution in [0.15, 0.2) is 18.2 Å². The van der Waals surface area contributed by atoms with Gasteiger partial charge in [-0.2, -0.15) is 0 Å². The Bertz CT molecular complexity index is 647. The van der Waals surface area contributed by atoms with Gasteiger partial charge in [-0.25, -0.2) is 4.98 Å². The maximum absolute atomic E-state index is 10.8. The van der Waals surface area contributed by atoms with Gasteiger partial charge in [0.05, 0.1) is 4.88 Å². The number of thiophene rings is 1. The molecular weight excluding hydrogens is 258 g/mol. The number of carbonyl (C=O) groups is 1. The van der Waals surface area contributed by atoms with Gasteiger partial charge >= 0.3 is 0 Å². The number of nitrogens with zero attached hydrogens (tertiary/aromatic N) is 2. The molecular formula is C14H15N3OS. The Balaban J connectivity index is 1.66. The highest BCUT2D eigenvalue weighted by molar-refractivity contribution is 7.20. The van der Waals surface area contributed by atoms with Gasteiger partial charge in [-0.1, -0.05) is 0 Å². The third kappa shape index (κ3) is 1.76. The number of aldehydes is 1. The maximum Gasteiger partial charge on any atom is 0.160 e. The first-order chi connectivity index (χ1) is 9.28. The van der Waals surface area contributed by atoms with Crippen LogP contribution in [-0.2, 0) is 0 Å². The first-order valence-electron chi connectivity index (χ1n) is 6.60. The molecule has 0 aliphatic carbocycles. The molecule has 0 aromatic carbocycles. The number of anilines is 1. The molecule has 4 nitrogen and oxygen atoms in total. The zero-order valence-electron chi connectivity index (χ0n) is 10.6. The molecule has 2 fully saturated rings. The van der Waals surface area contributed by atoms with Gasteiger partial charge in [0.1, 0.15) is 10.6 Å². The van der Waals surface area contributed by atoms with E-state index in [1.165, 1.54) is 17.8 Å². The highest BCUT2D eigenvalue weighted by Crippen LogP contribution is 2.36. The van der Waals surface area contributed by atoms with Gasteiger partial charge < -0.3 is 10.2 Å². The van der Waals surface area contributed by atoms with E-state index in [-0.39, 0.29) is 0 Å². The molecule has 4 rings (SSSR count). The summed E-state index contributed by atoms with van der Waals surface area (Å²) >= 11 is 1.47. The van der Waals surface area contributed by atoms with Crippen LogP contribution in [0.1, 0.15) is 16.1 Å². The predicted molar refractivity (Wildman–Crippen MR) is 77.1 cm³/mol. The molecule has 0 saturated carbocycles. The van der Waals surface area contributed by atoms with E-state index in [9.17, 15) is 4.79 Å². The summed E-state index contributed by atoms with van der Waals surface area (Å²) in [7, 11) is 0. The molecule has 1 spiro atoms. The molecule has 0 bridgehead atoms. The van der Waals surface area contributed by atoms with Crippen LogP contribution >= 0.6 is 11.3 Å². The maximum atomic E-state index is 10.8. The lowest BCUT2D eigenvalue weighted by Gasteiger charge is -2.39. The minimum absolute atomic E-state index is 0.486. The zero-order valence-corrected chi connectivity index (χ0v) is 11.4. The molecule has 2 saturated heterocycles. The Morgan fingerprint density at radius 2 is 2.32 bits per heavy atom. The molecule has 2 aromatic rings. The molecule has 5 heteroatoms. The molecule has 4 heterocycles. The monoisotopic (exact) mass is 273 g/mol. The van der Waals surface area contributed by atoms with Crippen LogP contribution in [0.2, 0.25) is 0 Å². The average molecular weight is 273 g/mol. The van der Waals surface area contributed by atoms with Crippen molar-refractivity contribution in [3.63, 3.8) is 0 Å². The molecule has 0 unspecified atom stereocenters. The van der Waals surface area contributed by atoms with Crippen molar-refractivity contribution >= 4 is 33.7 Å². The van der Waals surface area contributed by atoms with Crippen LogP contribution in [0.4, 0.5) is 5.82 Å². The normalized spacial score (nSPS) is 20.9. The van der Waals surface area contributed by atoms with E-state index < -0.39 is 0 Å². The fourth-order valence-electron chi connectivity index (χ4n) is 3.06. The number of nitrogens with one attached hydrogen (secondary N) is 1. The second-order valence-electron chi connectivity index (χ2n) is 5.61. The van der Waals surface area contributed by atoms with Gasteiger partial charge in [-0.15, -0.1) is 11.3 Å². The third-order valence-electron chi connectivity index (χ3n) is 4.27. The van der Waals surface area contributed by atoms with Gasteiger partial charge in [-0.3, -0.25) is 4.79 Å². The number of fused-ring (bicyclic) bond motifs is 1. The third-order valence-corrected chi connectivity index (χ3v) is 5.24. The van der Waals surface area contributed by atoms with Gasteiger partial charge in [0.2, 0.25) is 0 Å². The van der Waals surface area contributed by atoms with Crippen molar-refractivity contribution in [2.75, 3.05) is 31.1 Å². The van der Waals surface area contributed by atoms with Crippen molar-refractivity contribution < 1.29 is 4.79 Å². The Labute approximate surface area is 115 Å². The largest absolute Gasteiger partial charge is 0.356 e. The predicted octanol–water partition coefficient (Wildman–Crippen LogP) is 1.91. The Morgan fingerprint density at radius 1 is 1.42 bits per heavy atom. The lowest BCUT2D eigenvalue weighted by atomic mass is 9.81. The van der Waals surface area contributed by atoms with Crippen molar-refractivity contribution in [3.05, 3.63) is 23.1 Å². The molecule has 1 N–H and O–H groups in total. The summed E-state index contributed by atoms with van der Waals surface area (Å²) in [5, 5.41) is 4.44. The van der Waals surface area contributed by atoms with E-state index in [1.807, 2.05) is 6.07 Å². The van der Waals surface area contributed by atoms with Crippen LogP contribution in [-0.4, -0.2) is 37.4 Å². The zero-order chi connectivity index (χ0) is 12.9. The highest BCUT2D eigenvalue weighted by atomic mass is 32.1. The van der Waals surface area contributed by atoms with E-state index in [4.69, 9.17) is 4.98 Å². The number of hydrogen-bond donors (Lipinski definition) is 1. The fourth-order valence-corrected chi connectivity index (χ4v) is 3.90. The van der Waals surface area contributed by atoms with E-state index >= 15 is 0 Å². The molecule has 98 valence electrons. The van der Waals surface area contributed by atoms with Crippen molar-refractivity contribution in [3.8, 4) is 0 Å². The summed E-state index contributed by atoms with van der Waals surface area (Å²) in [5.74, 6) is 1.05. The van der Waals surface area contributed by atoms with Crippen LogP contribution < -0.4 is 10.2 Å². The van der Waals surface area contributed by atoms with Gasteiger partial charge in [0.25, 0.3) is 0 Å². The molecule has 0 atom stereocenters. The molecule has 2 aliphatic rings. The van der Waals surface area contributed by atoms with Crippen LogP contribution in [0, 0.1) is 5.41 Å². The van der Waals surface area contributed by atoms with E-state index in [0.717, 1.165) is 53.4 Å². The number of aromatic nitrogens is 1. The fraction of sp³-hybridized carbons (Fsp3) is 0.429. The summed E-state index contributed by atoms with van der Waals surface area (Å²) in [4.78, 5) is 19.6. The molecule has 2 aliphatic heterocycles. The van der Waals surface area contributed by atoms with Crippen molar-refractivity contribution in [2.24, 2.45) is 5.41 Å². The first kappa shape index (κ1) is 11.4. The van der Waals surface area contributed by atoms with Gasteiger partial charge in [0, 0.05) is 37.0 Å². The van der Waals surface area contributed by atoms with Crippen molar-refractivity contribution in [1.82, 2.24) is 10.3 Å². The average Bonchev–Trinajstić information content (AvgIpc) is 3.01. The second-order valence-corrected chi connectivity index (χ2v) is 6.67. The lowest BCUT2D eigenvalue weighted by Crippen LogP contribution is -2.54. The molecule has 2 aromatic heterocycles. The molecule has 19 heavy (non-hydrogen) atoms. The number of hydrogen-bond acceptors (Lipinski definition) is 5. The summed E-state index contributed by atoms with van der Waals surface area (Å²) in [6.45, 7) is 4.47. The summed E-state index contributed by atoms with van der Waals surface area (Å²) in [5.41, 5.74) is 0.486. The first-order valence-corrected chi connectivity index (χ1v) is 7.41. The van der Waals surface area contributed by atoms with Crippen molar-refractivity contribution in [2.45, 2.75) is 6.42 Å². The summed E-state index contributed by atoms with van der Waals surface area (Å²) in [6, 6.07) is 6.06. The molecule has 0 radical (unpaired) electrons. The minimum atomic E-state index is 0.486. The Kier molecular flexibility index (Phi) is 2.40. The Hall–Kier alpha value is -1.46. The van der Waals surface area contributed by atoms with E-state index in [0.29, 0.717) is 5.41 Å². The second kappa shape index (κ2) is 4.02. The Morgan fingerprint density at radius 3 is 3.00 bits per heavy atom. The van der Waals surface area contributed by atoms with Gasteiger partial charge in [-0.05, 0) is 24.6 Å². The summed E-state index contributed by atoms with van der Waals surface area (Å²) in [6.07, 6.45) is 2.15. The molecule has 0 amide bonds. The topological polar surface area (TPSA) is 45.2 Å². The van der Waals surface area contributed by atoms with Gasteiger partial charge in [0.15, 0.2) is 6.29 Å². The number of pyridine rings is 1. The van der Waals surface area contributed by atoms with Crippen LogP contribution in [0.3, 0.4) is 0 Å². The highest BCUT2D eigenvalue weighted by Gasteiger charge is 2.43. The number of carbonyl (C=O) groups excluding carboxylic acids is 1. The van der Waals surface area contributed by atoms with Crippen LogP contribution in [0.25, 0.3) is 10.2 Å². The van der Waals surface area contributed by atoms with E-state index in [2.05, 4.69) is 22.3 Å². The lowest BCUT2D eigenvalue weighted by molar-refractivity contribution is 0.112. The minimum Gasteiger partial charge on any atom is -0.356 e.